The molecule has 0 aliphatic carbocycles. The van der Waals surface area contributed by atoms with Gasteiger partial charge in [0, 0.05) is 17.5 Å². The van der Waals surface area contributed by atoms with Crippen LogP contribution in [0, 0.1) is 0 Å². The van der Waals surface area contributed by atoms with E-state index >= 15 is 0 Å². The summed E-state index contributed by atoms with van der Waals surface area (Å²) in [6.07, 6.45) is 1.38. The van der Waals surface area contributed by atoms with Crippen molar-refractivity contribution in [2.75, 3.05) is 20.2 Å². The Kier molecular flexibility index (Phi) is 5.22. The summed E-state index contributed by atoms with van der Waals surface area (Å²) in [6.45, 7) is 0.562. The van der Waals surface area contributed by atoms with Crippen molar-refractivity contribution >= 4 is 39.6 Å². The zero-order chi connectivity index (χ0) is 20.4. The van der Waals surface area contributed by atoms with E-state index in [1.54, 1.807) is 37.4 Å². The van der Waals surface area contributed by atoms with Crippen LogP contribution in [-0.4, -0.2) is 40.6 Å². The van der Waals surface area contributed by atoms with Crippen LogP contribution in [0.25, 0.3) is 22.1 Å². The van der Waals surface area contributed by atoms with Gasteiger partial charge >= 0.3 is 0 Å². The highest BCUT2D eigenvalue weighted by Crippen LogP contribution is 2.24. The number of carbonyl (C=O) groups excluding carboxylic acids is 1. The Morgan fingerprint density at radius 1 is 1.21 bits per heavy atom. The van der Waals surface area contributed by atoms with Gasteiger partial charge in [0.15, 0.2) is 0 Å². The number of rotatable bonds is 6. The highest BCUT2D eigenvalue weighted by Gasteiger charge is 2.16. The molecule has 0 fully saturated rings. The minimum absolute atomic E-state index is 0.129. The van der Waals surface area contributed by atoms with Crippen LogP contribution in [0.5, 0.6) is 5.75 Å². The molecule has 0 unspecified atom stereocenters. The molecule has 2 aromatic carbocycles. The van der Waals surface area contributed by atoms with E-state index in [1.807, 2.05) is 18.2 Å². The standard InChI is InChI=1S/C21H18ClN3O4/c1-24(10-11-28-15-8-6-14(22)7-9-15)18(26)12-25-13-23-19-16-4-2-3-5-17(16)29-20(19)21(25)27/h2-9,13H,10-12H2,1H3. The minimum Gasteiger partial charge on any atom is -0.492 e. The molecular weight excluding hydrogens is 394 g/mol. The van der Waals surface area contributed by atoms with Gasteiger partial charge < -0.3 is 14.1 Å². The predicted molar refractivity (Wildman–Crippen MR) is 110 cm³/mol. The summed E-state index contributed by atoms with van der Waals surface area (Å²) in [5, 5.41) is 1.40. The average molecular weight is 412 g/mol. The predicted octanol–water partition coefficient (Wildman–Crippen LogP) is 3.33. The van der Waals surface area contributed by atoms with Crippen LogP contribution in [0.2, 0.25) is 5.02 Å². The summed E-state index contributed by atoms with van der Waals surface area (Å²) in [6, 6.07) is 14.3. The largest absolute Gasteiger partial charge is 0.492 e. The third-order valence-corrected chi connectivity index (χ3v) is 4.84. The Morgan fingerprint density at radius 3 is 2.76 bits per heavy atom. The summed E-state index contributed by atoms with van der Waals surface area (Å²) in [7, 11) is 1.66. The lowest BCUT2D eigenvalue weighted by Crippen LogP contribution is -2.36. The van der Waals surface area contributed by atoms with Crippen LogP contribution in [0.4, 0.5) is 0 Å². The first kappa shape index (κ1) is 19.0. The summed E-state index contributed by atoms with van der Waals surface area (Å²) >= 11 is 5.84. The van der Waals surface area contributed by atoms with E-state index in [9.17, 15) is 9.59 Å². The number of nitrogens with zero attached hydrogens (tertiary/aromatic N) is 3. The van der Waals surface area contributed by atoms with Gasteiger partial charge in [-0.3, -0.25) is 14.2 Å². The zero-order valence-corrected chi connectivity index (χ0v) is 16.4. The monoisotopic (exact) mass is 411 g/mol. The number of likely N-dealkylation sites (N-methyl/N-ethyl adjacent to an activating group) is 1. The third-order valence-electron chi connectivity index (χ3n) is 4.59. The Bertz CT molecular complexity index is 1230. The van der Waals surface area contributed by atoms with Crippen LogP contribution >= 0.6 is 11.6 Å². The van der Waals surface area contributed by atoms with E-state index < -0.39 is 0 Å². The fraction of sp³-hybridized carbons (Fsp3) is 0.190. The molecular formula is C21H18ClN3O4. The van der Waals surface area contributed by atoms with Gasteiger partial charge in [-0.15, -0.1) is 0 Å². The number of carbonyl (C=O) groups is 1. The van der Waals surface area contributed by atoms with Gasteiger partial charge in [0.05, 0.1) is 12.9 Å². The van der Waals surface area contributed by atoms with Crippen molar-refractivity contribution in [1.82, 2.24) is 14.5 Å². The second-order valence-corrected chi connectivity index (χ2v) is 7.01. The fourth-order valence-corrected chi connectivity index (χ4v) is 3.08. The molecule has 0 aliphatic heterocycles. The first-order chi connectivity index (χ1) is 14.0. The highest BCUT2D eigenvalue weighted by atomic mass is 35.5. The summed E-state index contributed by atoms with van der Waals surface area (Å²) in [5.41, 5.74) is 0.854. The van der Waals surface area contributed by atoms with Crippen molar-refractivity contribution < 1.29 is 13.9 Å². The van der Waals surface area contributed by atoms with Crippen LogP contribution in [0.15, 0.2) is 64.1 Å². The number of para-hydroxylation sites is 1. The number of amides is 1. The van der Waals surface area contributed by atoms with Crippen molar-refractivity contribution in [3.63, 3.8) is 0 Å². The molecule has 4 aromatic rings. The highest BCUT2D eigenvalue weighted by molar-refractivity contribution is 6.30. The maximum atomic E-state index is 12.7. The lowest BCUT2D eigenvalue weighted by Gasteiger charge is -2.18. The van der Waals surface area contributed by atoms with Gasteiger partial charge in [-0.1, -0.05) is 23.7 Å². The van der Waals surface area contributed by atoms with Gasteiger partial charge in [0.25, 0.3) is 5.56 Å². The number of furan rings is 1. The maximum Gasteiger partial charge on any atom is 0.297 e. The van der Waals surface area contributed by atoms with E-state index in [-0.39, 0.29) is 23.6 Å². The van der Waals surface area contributed by atoms with E-state index in [0.717, 1.165) is 5.39 Å². The number of fused-ring (bicyclic) bond motifs is 3. The molecule has 0 saturated carbocycles. The van der Waals surface area contributed by atoms with Crippen LogP contribution in [0.3, 0.4) is 0 Å². The molecule has 0 atom stereocenters. The molecule has 0 spiro atoms. The molecule has 0 aliphatic rings. The van der Waals surface area contributed by atoms with Crippen LogP contribution in [0.1, 0.15) is 0 Å². The van der Waals surface area contributed by atoms with Gasteiger partial charge in [-0.2, -0.15) is 0 Å². The number of halogens is 1. The Balaban J connectivity index is 1.42. The normalized spacial score (nSPS) is 11.1. The maximum absolute atomic E-state index is 12.7. The van der Waals surface area contributed by atoms with Gasteiger partial charge in [0.2, 0.25) is 11.5 Å². The molecule has 4 rings (SSSR count). The number of hydrogen-bond donors (Lipinski definition) is 0. The Morgan fingerprint density at radius 2 is 1.97 bits per heavy atom. The van der Waals surface area contributed by atoms with Crippen molar-refractivity contribution in [3.05, 3.63) is 70.2 Å². The Hall–Kier alpha value is -3.32. The van der Waals surface area contributed by atoms with Crippen molar-refractivity contribution in [2.45, 2.75) is 6.54 Å². The quantitative estimate of drug-likeness (QED) is 0.486. The van der Waals surface area contributed by atoms with E-state index in [1.165, 1.54) is 15.8 Å². The Labute approximate surface area is 171 Å². The van der Waals surface area contributed by atoms with Crippen LogP contribution < -0.4 is 10.3 Å². The van der Waals surface area contributed by atoms with E-state index in [0.29, 0.717) is 35.0 Å². The molecule has 0 saturated heterocycles. The molecule has 1 amide bonds. The average Bonchev–Trinajstić information content (AvgIpc) is 3.11. The zero-order valence-electron chi connectivity index (χ0n) is 15.7. The summed E-state index contributed by atoms with van der Waals surface area (Å²) in [4.78, 5) is 31.0. The number of benzene rings is 2. The molecule has 8 heteroatoms. The first-order valence-corrected chi connectivity index (χ1v) is 9.40. The molecule has 0 radical (unpaired) electrons. The van der Waals surface area contributed by atoms with E-state index in [4.69, 9.17) is 20.8 Å². The lowest BCUT2D eigenvalue weighted by molar-refractivity contribution is -0.130. The SMILES string of the molecule is CN(CCOc1ccc(Cl)cc1)C(=O)Cn1cnc2c(oc3ccccc32)c1=O. The minimum atomic E-state index is -0.384. The molecule has 2 aromatic heterocycles. The lowest BCUT2D eigenvalue weighted by atomic mass is 10.2. The number of ether oxygens (including phenoxy) is 1. The second kappa shape index (κ2) is 7.97. The smallest absolute Gasteiger partial charge is 0.297 e. The van der Waals surface area contributed by atoms with Crippen molar-refractivity contribution in [2.24, 2.45) is 0 Å². The topological polar surface area (TPSA) is 77.6 Å². The molecule has 29 heavy (non-hydrogen) atoms. The van der Waals surface area contributed by atoms with Crippen LogP contribution in [-0.2, 0) is 11.3 Å². The number of hydrogen-bond acceptors (Lipinski definition) is 5. The van der Waals surface area contributed by atoms with Crippen molar-refractivity contribution in [1.29, 1.82) is 0 Å². The fourth-order valence-electron chi connectivity index (χ4n) is 2.95. The molecule has 0 bridgehead atoms. The summed E-state index contributed by atoms with van der Waals surface area (Å²) < 4.78 is 12.5. The van der Waals surface area contributed by atoms with Gasteiger partial charge in [-0.25, -0.2) is 4.98 Å². The summed E-state index contributed by atoms with van der Waals surface area (Å²) in [5.74, 6) is 0.440. The van der Waals surface area contributed by atoms with E-state index in [2.05, 4.69) is 4.98 Å². The molecule has 7 nitrogen and oxygen atoms in total. The third kappa shape index (κ3) is 3.95. The number of aromatic nitrogens is 2. The molecule has 2 heterocycles. The first-order valence-electron chi connectivity index (χ1n) is 9.02. The van der Waals surface area contributed by atoms with Gasteiger partial charge in [-0.05, 0) is 36.4 Å². The van der Waals surface area contributed by atoms with Crippen molar-refractivity contribution in [3.8, 4) is 5.75 Å². The molecule has 148 valence electrons. The second-order valence-electron chi connectivity index (χ2n) is 6.57. The van der Waals surface area contributed by atoms with Gasteiger partial charge in [0.1, 0.15) is 30.0 Å². The molecule has 0 N–H and O–H groups in total.